The van der Waals surface area contributed by atoms with Gasteiger partial charge in [0.2, 0.25) is 0 Å². The number of hydrogen-bond acceptors (Lipinski definition) is 3. The first-order valence-corrected chi connectivity index (χ1v) is 10.5. The first kappa shape index (κ1) is 19.0. The van der Waals surface area contributed by atoms with Crippen LogP contribution in [0.3, 0.4) is 0 Å². The van der Waals surface area contributed by atoms with E-state index in [9.17, 15) is 4.39 Å². The van der Waals surface area contributed by atoms with Crippen LogP contribution in [0, 0.1) is 5.82 Å². The molecule has 1 fully saturated rings. The van der Waals surface area contributed by atoms with Crippen LogP contribution in [0.25, 0.3) is 33.5 Å². The molecule has 1 aliphatic carbocycles. The predicted molar refractivity (Wildman–Crippen MR) is 118 cm³/mol. The molecule has 1 saturated carbocycles. The summed E-state index contributed by atoms with van der Waals surface area (Å²) in [5.41, 5.74) is 4.86. The molecule has 1 aromatic carbocycles. The standard InChI is InChI=1S/C24H26FN5/c1-29(2)18-7-9-19(10-8-18)30-15-28-22(16-3-5-17(25)6-4-16)23(30)20-11-13-26-24-21(20)12-14-27-24/h3-6,11-15,18-19H,7-10H2,1-2H3,(H,26,27)/t18-,19-. The normalized spacial score (nSPS) is 19.6. The maximum absolute atomic E-state index is 13.5. The van der Waals surface area contributed by atoms with Gasteiger partial charge < -0.3 is 14.5 Å². The first-order chi connectivity index (χ1) is 14.6. The van der Waals surface area contributed by atoms with Crippen molar-refractivity contribution in [2.75, 3.05) is 14.1 Å². The summed E-state index contributed by atoms with van der Waals surface area (Å²) >= 11 is 0. The molecule has 6 heteroatoms. The molecule has 0 saturated heterocycles. The quantitative estimate of drug-likeness (QED) is 0.504. The molecule has 0 spiro atoms. The van der Waals surface area contributed by atoms with E-state index in [2.05, 4.69) is 45.7 Å². The second-order valence-corrected chi connectivity index (χ2v) is 8.38. The predicted octanol–water partition coefficient (Wildman–Crippen LogP) is 5.28. The second kappa shape index (κ2) is 7.69. The molecular formula is C24H26FN5. The molecule has 1 N–H and O–H groups in total. The first-order valence-electron chi connectivity index (χ1n) is 10.5. The molecule has 1 aliphatic rings. The third-order valence-corrected chi connectivity index (χ3v) is 6.42. The Morgan fingerprint density at radius 2 is 1.77 bits per heavy atom. The van der Waals surface area contributed by atoms with Gasteiger partial charge in [-0.1, -0.05) is 0 Å². The number of nitrogens with one attached hydrogen (secondary N) is 1. The third kappa shape index (κ3) is 3.31. The van der Waals surface area contributed by atoms with Gasteiger partial charge in [-0.25, -0.2) is 14.4 Å². The van der Waals surface area contributed by atoms with E-state index in [0.717, 1.165) is 46.4 Å². The Bertz CT molecular complexity index is 1150. The minimum atomic E-state index is -0.237. The summed E-state index contributed by atoms with van der Waals surface area (Å²) in [5.74, 6) is -0.237. The zero-order valence-corrected chi connectivity index (χ0v) is 17.3. The van der Waals surface area contributed by atoms with Gasteiger partial charge in [-0.05, 0) is 76.2 Å². The van der Waals surface area contributed by atoms with E-state index < -0.39 is 0 Å². The molecule has 30 heavy (non-hydrogen) atoms. The van der Waals surface area contributed by atoms with E-state index in [1.165, 1.54) is 25.0 Å². The fourth-order valence-electron chi connectivity index (χ4n) is 4.74. The van der Waals surface area contributed by atoms with Crippen molar-refractivity contribution < 1.29 is 4.39 Å². The summed E-state index contributed by atoms with van der Waals surface area (Å²) < 4.78 is 15.9. The number of halogens is 1. The molecule has 3 heterocycles. The molecule has 0 amide bonds. The average molecular weight is 404 g/mol. The van der Waals surface area contributed by atoms with Crippen molar-refractivity contribution in [2.24, 2.45) is 0 Å². The molecule has 5 rings (SSSR count). The summed E-state index contributed by atoms with van der Waals surface area (Å²) in [4.78, 5) is 14.8. The molecule has 0 radical (unpaired) electrons. The number of hydrogen-bond donors (Lipinski definition) is 1. The number of rotatable bonds is 4. The van der Waals surface area contributed by atoms with E-state index in [4.69, 9.17) is 4.98 Å². The number of aromatic amines is 1. The van der Waals surface area contributed by atoms with Crippen LogP contribution in [0.1, 0.15) is 31.7 Å². The van der Waals surface area contributed by atoms with E-state index in [-0.39, 0.29) is 5.82 Å². The SMILES string of the molecule is CN(C)[C@H]1CC[C@H](n2cnc(-c3ccc(F)cc3)c2-c2ccnc3[nH]ccc23)CC1. The highest BCUT2D eigenvalue weighted by atomic mass is 19.1. The lowest BCUT2D eigenvalue weighted by molar-refractivity contribution is 0.196. The van der Waals surface area contributed by atoms with Crippen LogP contribution in [-0.4, -0.2) is 44.6 Å². The van der Waals surface area contributed by atoms with Gasteiger partial charge in [-0.3, -0.25) is 0 Å². The van der Waals surface area contributed by atoms with Gasteiger partial charge in [-0.15, -0.1) is 0 Å². The van der Waals surface area contributed by atoms with Crippen LogP contribution in [-0.2, 0) is 0 Å². The monoisotopic (exact) mass is 403 g/mol. The Morgan fingerprint density at radius 3 is 2.50 bits per heavy atom. The van der Waals surface area contributed by atoms with Crippen molar-refractivity contribution in [1.29, 1.82) is 0 Å². The number of pyridine rings is 1. The van der Waals surface area contributed by atoms with E-state index >= 15 is 0 Å². The van der Waals surface area contributed by atoms with Gasteiger partial charge in [0.25, 0.3) is 0 Å². The van der Waals surface area contributed by atoms with Crippen molar-refractivity contribution in [2.45, 2.75) is 37.8 Å². The van der Waals surface area contributed by atoms with Crippen molar-refractivity contribution in [3.63, 3.8) is 0 Å². The largest absolute Gasteiger partial charge is 0.346 e. The van der Waals surface area contributed by atoms with Gasteiger partial charge in [0.05, 0.1) is 17.7 Å². The Kier molecular flexibility index (Phi) is 4.87. The number of H-pyrrole nitrogens is 1. The van der Waals surface area contributed by atoms with Gasteiger partial charge >= 0.3 is 0 Å². The lowest BCUT2D eigenvalue weighted by atomic mass is 9.90. The van der Waals surface area contributed by atoms with Crippen LogP contribution in [0.4, 0.5) is 4.39 Å². The van der Waals surface area contributed by atoms with Crippen LogP contribution in [0.5, 0.6) is 0 Å². The zero-order valence-electron chi connectivity index (χ0n) is 17.3. The maximum atomic E-state index is 13.5. The highest BCUT2D eigenvalue weighted by Crippen LogP contribution is 2.40. The lowest BCUT2D eigenvalue weighted by Gasteiger charge is -2.34. The molecule has 0 bridgehead atoms. The summed E-state index contributed by atoms with van der Waals surface area (Å²) in [6.45, 7) is 0. The molecule has 0 unspecified atom stereocenters. The number of aromatic nitrogens is 4. The fraction of sp³-hybridized carbons (Fsp3) is 0.333. The van der Waals surface area contributed by atoms with Crippen molar-refractivity contribution in [3.05, 3.63) is 60.9 Å². The summed E-state index contributed by atoms with van der Waals surface area (Å²) in [6.07, 6.45) is 10.3. The highest BCUT2D eigenvalue weighted by Gasteiger charge is 2.27. The van der Waals surface area contributed by atoms with Crippen molar-refractivity contribution in [1.82, 2.24) is 24.4 Å². The molecule has 4 aromatic rings. The van der Waals surface area contributed by atoms with Crippen LogP contribution in [0.15, 0.2) is 55.1 Å². The van der Waals surface area contributed by atoms with Crippen LogP contribution >= 0.6 is 0 Å². The number of fused-ring (bicyclic) bond motifs is 1. The zero-order chi connectivity index (χ0) is 20.7. The number of nitrogens with zero attached hydrogens (tertiary/aromatic N) is 4. The molecule has 3 aromatic heterocycles. The molecule has 5 nitrogen and oxygen atoms in total. The molecule has 0 aliphatic heterocycles. The molecule has 0 atom stereocenters. The minimum Gasteiger partial charge on any atom is -0.346 e. The fourth-order valence-corrected chi connectivity index (χ4v) is 4.74. The Labute approximate surface area is 175 Å². The Balaban J connectivity index is 1.63. The Hall–Kier alpha value is -2.99. The number of benzene rings is 1. The topological polar surface area (TPSA) is 49.7 Å². The molecular weight excluding hydrogens is 377 g/mol. The Morgan fingerprint density at radius 1 is 1.00 bits per heavy atom. The van der Waals surface area contributed by atoms with Gasteiger partial charge in [0.1, 0.15) is 11.5 Å². The summed E-state index contributed by atoms with van der Waals surface area (Å²) in [7, 11) is 4.33. The highest BCUT2D eigenvalue weighted by molar-refractivity contribution is 5.95. The summed E-state index contributed by atoms with van der Waals surface area (Å²) in [5, 5.41) is 1.07. The van der Waals surface area contributed by atoms with Crippen LogP contribution < -0.4 is 0 Å². The minimum absolute atomic E-state index is 0.237. The van der Waals surface area contributed by atoms with Crippen molar-refractivity contribution in [3.8, 4) is 22.5 Å². The van der Waals surface area contributed by atoms with E-state index in [1.807, 2.05) is 30.9 Å². The van der Waals surface area contributed by atoms with E-state index in [1.54, 1.807) is 0 Å². The third-order valence-electron chi connectivity index (χ3n) is 6.42. The molecule has 154 valence electrons. The smallest absolute Gasteiger partial charge is 0.137 e. The summed E-state index contributed by atoms with van der Waals surface area (Å²) in [6, 6.07) is 11.8. The van der Waals surface area contributed by atoms with E-state index in [0.29, 0.717) is 12.1 Å². The maximum Gasteiger partial charge on any atom is 0.137 e. The lowest BCUT2D eigenvalue weighted by Crippen LogP contribution is -2.32. The average Bonchev–Trinajstić information content (AvgIpc) is 3.41. The second-order valence-electron chi connectivity index (χ2n) is 8.38. The van der Waals surface area contributed by atoms with Gasteiger partial charge in [0, 0.05) is 41.0 Å². The number of imidazole rings is 1. The van der Waals surface area contributed by atoms with Gasteiger partial charge in [0.15, 0.2) is 0 Å². The van der Waals surface area contributed by atoms with Crippen molar-refractivity contribution >= 4 is 11.0 Å². The van der Waals surface area contributed by atoms with Gasteiger partial charge in [-0.2, -0.15) is 0 Å². The van der Waals surface area contributed by atoms with Crippen LogP contribution in [0.2, 0.25) is 0 Å².